The zero-order valence-electron chi connectivity index (χ0n) is 9.61. The molecule has 0 bridgehead atoms. The lowest BCUT2D eigenvalue weighted by molar-refractivity contribution is 0.427. The fourth-order valence-corrected chi connectivity index (χ4v) is 3.28. The number of nitrogens with zero attached hydrogens (tertiary/aromatic N) is 1. The number of piperidine rings is 1. The van der Waals surface area contributed by atoms with E-state index in [2.05, 4.69) is 10.3 Å². The molecule has 1 aliphatic heterocycles. The van der Waals surface area contributed by atoms with Crippen LogP contribution in [0.4, 0.5) is 0 Å². The average Bonchev–Trinajstić information content (AvgIpc) is 2.30. The van der Waals surface area contributed by atoms with Gasteiger partial charge in [0, 0.05) is 18.0 Å². The van der Waals surface area contributed by atoms with E-state index in [-0.39, 0.29) is 0 Å². The van der Waals surface area contributed by atoms with E-state index in [1.165, 1.54) is 12.8 Å². The Balaban J connectivity index is 1.97. The molecule has 2 atom stereocenters. The molecule has 0 aliphatic carbocycles. The largest absolute Gasteiger partial charge is 0.313 e. The molecular formula is C12H18N2OS. The Bertz CT molecular complexity index is 375. The Labute approximate surface area is 99.1 Å². The molecule has 0 aromatic carbocycles. The Morgan fingerprint density at radius 3 is 3.12 bits per heavy atom. The maximum Gasteiger partial charge on any atom is 0.127 e. The van der Waals surface area contributed by atoms with Gasteiger partial charge in [-0.05, 0) is 44.0 Å². The molecule has 0 saturated carbocycles. The van der Waals surface area contributed by atoms with Crippen molar-refractivity contribution in [3.8, 4) is 0 Å². The second-order valence-electron chi connectivity index (χ2n) is 4.33. The van der Waals surface area contributed by atoms with Crippen LogP contribution < -0.4 is 5.32 Å². The van der Waals surface area contributed by atoms with E-state index in [1.807, 2.05) is 19.1 Å². The lowest BCUT2D eigenvalue weighted by Crippen LogP contribution is -2.38. The number of pyridine rings is 1. The number of aromatic nitrogens is 1. The predicted octanol–water partition coefficient (Wildman–Crippen LogP) is 1.64. The summed E-state index contributed by atoms with van der Waals surface area (Å²) in [4.78, 5) is 4.18. The summed E-state index contributed by atoms with van der Waals surface area (Å²) in [7, 11) is -0.965. The molecule has 1 aliphatic rings. The lowest BCUT2D eigenvalue weighted by Gasteiger charge is -2.22. The highest BCUT2D eigenvalue weighted by molar-refractivity contribution is 7.85. The summed E-state index contributed by atoms with van der Waals surface area (Å²) in [5.74, 6) is 0.691. The first-order valence-corrected chi connectivity index (χ1v) is 7.12. The molecule has 1 aromatic heterocycles. The van der Waals surface area contributed by atoms with Crippen molar-refractivity contribution in [1.82, 2.24) is 10.3 Å². The molecule has 0 radical (unpaired) electrons. The van der Waals surface area contributed by atoms with Crippen molar-refractivity contribution in [2.75, 3.05) is 12.3 Å². The van der Waals surface area contributed by atoms with Gasteiger partial charge >= 0.3 is 0 Å². The quantitative estimate of drug-likeness (QED) is 0.870. The predicted molar refractivity (Wildman–Crippen MR) is 65.9 cm³/mol. The maximum absolute atomic E-state index is 12.1. The second kappa shape index (κ2) is 5.55. The third-order valence-corrected chi connectivity index (χ3v) is 4.28. The first-order valence-electron chi connectivity index (χ1n) is 5.80. The average molecular weight is 238 g/mol. The van der Waals surface area contributed by atoms with Crippen LogP contribution in [-0.4, -0.2) is 27.5 Å². The molecule has 3 nitrogen and oxygen atoms in total. The van der Waals surface area contributed by atoms with Gasteiger partial charge in [0.25, 0.3) is 0 Å². The van der Waals surface area contributed by atoms with Gasteiger partial charge in [0.1, 0.15) is 5.03 Å². The van der Waals surface area contributed by atoms with Crippen molar-refractivity contribution in [3.05, 3.63) is 23.9 Å². The number of aryl methyl sites for hydroxylation is 1. The fraction of sp³-hybridized carbons (Fsp3) is 0.583. The Kier molecular flexibility index (Phi) is 4.07. The topological polar surface area (TPSA) is 42.0 Å². The third-order valence-electron chi connectivity index (χ3n) is 2.89. The zero-order chi connectivity index (χ0) is 11.4. The molecule has 1 N–H and O–H groups in total. The number of hydrogen-bond donors (Lipinski definition) is 1. The summed E-state index contributed by atoms with van der Waals surface area (Å²) < 4.78 is 12.1. The van der Waals surface area contributed by atoms with Crippen molar-refractivity contribution in [1.29, 1.82) is 0 Å². The first kappa shape index (κ1) is 11.7. The molecule has 2 heterocycles. The number of rotatable bonds is 3. The molecule has 2 rings (SSSR count). The minimum absolute atomic E-state index is 0.400. The Hall–Kier alpha value is -0.740. The van der Waals surface area contributed by atoms with Gasteiger partial charge in [-0.15, -0.1) is 0 Å². The van der Waals surface area contributed by atoms with Gasteiger partial charge in [-0.3, -0.25) is 4.21 Å². The molecule has 0 amide bonds. The minimum atomic E-state index is -0.965. The van der Waals surface area contributed by atoms with Gasteiger partial charge in [0.05, 0.1) is 10.8 Å². The number of nitrogens with one attached hydrogen (secondary N) is 1. The van der Waals surface area contributed by atoms with Crippen molar-refractivity contribution in [2.45, 2.75) is 37.3 Å². The SMILES string of the molecule is Cc1ccnc([S@@](=O)C[C@@H]2CCCCN2)c1. The third kappa shape index (κ3) is 3.12. The smallest absolute Gasteiger partial charge is 0.127 e. The lowest BCUT2D eigenvalue weighted by atomic mass is 10.1. The van der Waals surface area contributed by atoms with Gasteiger partial charge in [0.15, 0.2) is 0 Å². The van der Waals surface area contributed by atoms with Gasteiger partial charge in [-0.2, -0.15) is 0 Å². The normalized spacial score (nSPS) is 22.9. The van der Waals surface area contributed by atoms with E-state index in [1.54, 1.807) is 6.20 Å². The highest BCUT2D eigenvalue weighted by Crippen LogP contribution is 2.12. The van der Waals surface area contributed by atoms with E-state index in [9.17, 15) is 4.21 Å². The van der Waals surface area contributed by atoms with Crippen LogP contribution in [0.25, 0.3) is 0 Å². The number of hydrogen-bond acceptors (Lipinski definition) is 3. The summed E-state index contributed by atoms with van der Waals surface area (Å²) in [6.45, 7) is 3.06. The Morgan fingerprint density at radius 1 is 1.56 bits per heavy atom. The summed E-state index contributed by atoms with van der Waals surface area (Å²) in [5, 5.41) is 4.13. The second-order valence-corrected chi connectivity index (χ2v) is 5.77. The van der Waals surface area contributed by atoms with Gasteiger partial charge < -0.3 is 5.32 Å². The maximum atomic E-state index is 12.1. The fourth-order valence-electron chi connectivity index (χ4n) is 1.97. The van der Waals surface area contributed by atoms with Crippen molar-refractivity contribution >= 4 is 10.8 Å². The van der Waals surface area contributed by atoms with Crippen LogP contribution in [0, 0.1) is 6.92 Å². The molecule has 4 heteroatoms. The summed E-state index contributed by atoms with van der Waals surface area (Å²) >= 11 is 0. The van der Waals surface area contributed by atoms with Crippen LogP contribution >= 0.6 is 0 Å². The van der Waals surface area contributed by atoms with Crippen molar-refractivity contribution in [3.63, 3.8) is 0 Å². The Morgan fingerprint density at radius 2 is 2.44 bits per heavy atom. The van der Waals surface area contributed by atoms with E-state index >= 15 is 0 Å². The van der Waals surface area contributed by atoms with Crippen LogP contribution in [-0.2, 0) is 10.8 Å². The van der Waals surface area contributed by atoms with E-state index in [0.29, 0.717) is 16.8 Å². The van der Waals surface area contributed by atoms with E-state index < -0.39 is 10.8 Å². The summed E-state index contributed by atoms with van der Waals surface area (Å²) in [6.07, 6.45) is 5.36. The monoisotopic (exact) mass is 238 g/mol. The van der Waals surface area contributed by atoms with Crippen LogP contribution in [0.5, 0.6) is 0 Å². The van der Waals surface area contributed by atoms with Gasteiger partial charge in [-0.25, -0.2) is 4.98 Å². The minimum Gasteiger partial charge on any atom is -0.313 e. The molecule has 1 aromatic rings. The standard InChI is InChI=1S/C12H18N2OS/c1-10-5-7-14-12(8-10)16(15)9-11-4-2-3-6-13-11/h5,7-8,11,13H,2-4,6,9H2,1H3/t11-,16-/m0/s1. The molecule has 0 spiro atoms. The van der Waals surface area contributed by atoms with Gasteiger partial charge in [0.2, 0.25) is 0 Å². The zero-order valence-corrected chi connectivity index (χ0v) is 10.4. The highest BCUT2D eigenvalue weighted by atomic mass is 32.2. The summed E-state index contributed by atoms with van der Waals surface area (Å²) in [5.41, 5.74) is 1.12. The molecule has 1 saturated heterocycles. The molecule has 0 unspecified atom stereocenters. The molecule has 1 fully saturated rings. The molecule has 88 valence electrons. The van der Waals surface area contributed by atoms with Crippen molar-refractivity contribution < 1.29 is 4.21 Å². The first-order chi connectivity index (χ1) is 7.75. The summed E-state index contributed by atoms with van der Waals surface area (Å²) in [6, 6.07) is 4.25. The van der Waals surface area contributed by atoms with Crippen LogP contribution in [0.15, 0.2) is 23.4 Å². The van der Waals surface area contributed by atoms with E-state index in [4.69, 9.17) is 0 Å². The van der Waals surface area contributed by atoms with Gasteiger partial charge in [-0.1, -0.05) is 6.42 Å². The van der Waals surface area contributed by atoms with Crippen LogP contribution in [0.1, 0.15) is 24.8 Å². The van der Waals surface area contributed by atoms with Crippen LogP contribution in [0.3, 0.4) is 0 Å². The molecular weight excluding hydrogens is 220 g/mol. The molecule has 16 heavy (non-hydrogen) atoms. The van der Waals surface area contributed by atoms with Crippen molar-refractivity contribution in [2.24, 2.45) is 0 Å². The highest BCUT2D eigenvalue weighted by Gasteiger charge is 2.17. The van der Waals surface area contributed by atoms with Crippen LogP contribution in [0.2, 0.25) is 0 Å². The van der Waals surface area contributed by atoms with E-state index in [0.717, 1.165) is 18.5 Å².